The highest BCUT2D eigenvalue weighted by Crippen LogP contribution is 2.23. The van der Waals surface area contributed by atoms with Crippen molar-refractivity contribution in [2.75, 3.05) is 7.11 Å². The molecule has 0 aliphatic carbocycles. The molecule has 0 saturated heterocycles. The molecule has 0 aliphatic heterocycles. The van der Waals surface area contributed by atoms with Gasteiger partial charge in [-0.1, -0.05) is 12.1 Å². The molecule has 1 aromatic carbocycles. The third-order valence-electron chi connectivity index (χ3n) is 4.12. The van der Waals surface area contributed by atoms with E-state index in [0.29, 0.717) is 6.54 Å². The van der Waals surface area contributed by atoms with Crippen molar-refractivity contribution in [3.8, 4) is 17.0 Å². The van der Waals surface area contributed by atoms with Crippen LogP contribution in [0.2, 0.25) is 0 Å². The number of aromatic nitrogens is 5. The maximum absolute atomic E-state index is 5.20. The molecule has 3 heterocycles. The fourth-order valence-electron chi connectivity index (χ4n) is 2.81. The summed E-state index contributed by atoms with van der Waals surface area (Å²) in [7, 11) is 1.66. The molecule has 0 N–H and O–H groups in total. The van der Waals surface area contributed by atoms with E-state index in [1.807, 2.05) is 42.1 Å². The van der Waals surface area contributed by atoms with Gasteiger partial charge in [0.15, 0.2) is 5.65 Å². The molecular weight excluding hydrogens is 314 g/mol. The van der Waals surface area contributed by atoms with E-state index in [-0.39, 0.29) is 0 Å². The van der Waals surface area contributed by atoms with E-state index in [2.05, 4.69) is 26.1 Å². The first-order chi connectivity index (χ1) is 12.2. The summed E-state index contributed by atoms with van der Waals surface area (Å²) in [6.07, 6.45) is 6.89. The SMILES string of the molecule is COc1ccc(Cn2nc(C)c3cc(-c4cnccn4)cnc32)cc1. The number of benzene rings is 1. The van der Waals surface area contributed by atoms with Crippen LogP contribution in [-0.4, -0.2) is 31.8 Å². The van der Waals surface area contributed by atoms with Crippen LogP contribution in [0.5, 0.6) is 5.75 Å². The van der Waals surface area contributed by atoms with Crippen molar-refractivity contribution in [1.29, 1.82) is 0 Å². The summed E-state index contributed by atoms with van der Waals surface area (Å²) < 4.78 is 7.13. The summed E-state index contributed by atoms with van der Waals surface area (Å²) in [6, 6.07) is 10.0. The third kappa shape index (κ3) is 2.94. The molecule has 0 saturated carbocycles. The number of methoxy groups -OCH3 is 1. The van der Waals surface area contributed by atoms with Gasteiger partial charge in [0.2, 0.25) is 0 Å². The zero-order valence-electron chi connectivity index (χ0n) is 14.0. The van der Waals surface area contributed by atoms with Crippen molar-refractivity contribution in [3.63, 3.8) is 0 Å². The maximum Gasteiger partial charge on any atom is 0.158 e. The molecule has 124 valence electrons. The molecule has 4 rings (SSSR count). The molecule has 0 spiro atoms. The summed E-state index contributed by atoms with van der Waals surface area (Å²) >= 11 is 0. The summed E-state index contributed by atoms with van der Waals surface area (Å²) in [5.74, 6) is 0.844. The summed E-state index contributed by atoms with van der Waals surface area (Å²) in [4.78, 5) is 13.1. The van der Waals surface area contributed by atoms with Crippen LogP contribution >= 0.6 is 0 Å². The van der Waals surface area contributed by atoms with Gasteiger partial charge in [-0.25, -0.2) is 9.67 Å². The Morgan fingerprint density at radius 2 is 1.88 bits per heavy atom. The van der Waals surface area contributed by atoms with Crippen LogP contribution in [0.3, 0.4) is 0 Å². The van der Waals surface area contributed by atoms with Gasteiger partial charge in [-0.2, -0.15) is 5.10 Å². The van der Waals surface area contributed by atoms with E-state index in [1.165, 1.54) is 0 Å². The Hall–Kier alpha value is -3.28. The smallest absolute Gasteiger partial charge is 0.158 e. The monoisotopic (exact) mass is 331 g/mol. The highest BCUT2D eigenvalue weighted by Gasteiger charge is 2.11. The van der Waals surface area contributed by atoms with Gasteiger partial charge in [0.25, 0.3) is 0 Å². The van der Waals surface area contributed by atoms with Gasteiger partial charge in [-0.3, -0.25) is 9.97 Å². The first kappa shape index (κ1) is 15.3. The molecule has 0 atom stereocenters. The van der Waals surface area contributed by atoms with Crippen LogP contribution in [0, 0.1) is 6.92 Å². The molecule has 0 bridgehead atoms. The zero-order chi connectivity index (χ0) is 17.2. The Bertz CT molecular complexity index is 1010. The standard InChI is InChI=1S/C19H17N5O/c1-13-17-9-15(18-11-20-7-8-21-18)10-22-19(17)24(23-13)12-14-3-5-16(25-2)6-4-14/h3-11H,12H2,1-2H3. The quantitative estimate of drug-likeness (QED) is 0.574. The lowest BCUT2D eigenvalue weighted by molar-refractivity contribution is 0.414. The summed E-state index contributed by atoms with van der Waals surface area (Å²) in [5, 5.41) is 5.67. The number of aryl methyl sites for hydroxylation is 1. The minimum atomic E-state index is 0.659. The molecule has 0 amide bonds. The summed E-state index contributed by atoms with van der Waals surface area (Å²) in [6.45, 7) is 2.65. The van der Waals surface area contributed by atoms with Crippen LogP contribution in [-0.2, 0) is 6.54 Å². The van der Waals surface area contributed by atoms with Gasteiger partial charge in [0, 0.05) is 29.5 Å². The summed E-state index contributed by atoms with van der Waals surface area (Å²) in [5.41, 5.74) is 4.69. The first-order valence-electron chi connectivity index (χ1n) is 7.97. The number of fused-ring (bicyclic) bond motifs is 1. The fourth-order valence-corrected chi connectivity index (χ4v) is 2.81. The van der Waals surface area contributed by atoms with Crippen LogP contribution in [0.15, 0.2) is 55.1 Å². The van der Waals surface area contributed by atoms with E-state index in [4.69, 9.17) is 4.74 Å². The molecule has 0 radical (unpaired) electrons. The third-order valence-corrected chi connectivity index (χ3v) is 4.12. The molecule has 25 heavy (non-hydrogen) atoms. The van der Waals surface area contributed by atoms with E-state index < -0.39 is 0 Å². The Labute approximate surface area is 145 Å². The number of hydrogen-bond donors (Lipinski definition) is 0. The molecule has 0 aliphatic rings. The van der Waals surface area contributed by atoms with Crippen molar-refractivity contribution in [2.24, 2.45) is 0 Å². The molecule has 0 fully saturated rings. The van der Waals surface area contributed by atoms with Crippen LogP contribution in [0.25, 0.3) is 22.3 Å². The molecule has 0 unspecified atom stereocenters. The second kappa shape index (κ2) is 6.32. The Morgan fingerprint density at radius 3 is 2.60 bits per heavy atom. The molecule has 3 aromatic heterocycles. The largest absolute Gasteiger partial charge is 0.497 e. The normalized spacial score (nSPS) is 11.0. The van der Waals surface area contributed by atoms with Crippen LogP contribution in [0.4, 0.5) is 0 Å². The Kier molecular flexibility index (Phi) is 3.85. The number of ether oxygens (including phenoxy) is 1. The van der Waals surface area contributed by atoms with Gasteiger partial charge in [0.1, 0.15) is 5.75 Å². The average molecular weight is 331 g/mol. The van der Waals surface area contributed by atoms with Gasteiger partial charge >= 0.3 is 0 Å². The zero-order valence-corrected chi connectivity index (χ0v) is 14.0. The van der Waals surface area contributed by atoms with Gasteiger partial charge in [-0.05, 0) is 30.7 Å². The van der Waals surface area contributed by atoms with Gasteiger partial charge in [0.05, 0.1) is 31.2 Å². The van der Waals surface area contributed by atoms with E-state index in [1.54, 1.807) is 25.7 Å². The molecule has 4 aromatic rings. The van der Waals surface area contributed by atoms with Crippen molar-refractivity contribution >= 4 is 11.0 Å². The van der Waals surface area contributed by atoms with Crippen molar-refractivity contribution in [1.82, 2.24) is 24.7 Å². The van der Waals surface area contributed by atoms with E-state index in [0.717, 1.165) is 39.3 Å². The number of pyridine rings is 1. The molecule has 6 heteroatoms. The predicted molar refractivity (Wildman–Crippen MR) is 95.4 cm³/mol. The van der Waals surface area contributed by atoms with Crippen molar-refractivity contribution < 1.29 is 4.74 Å². The second-order valence-electron chi connectivity index (χ2n) is 5.78. The minimum Gasteiger partial charge on any atom is -0.497 e. The number of nitrogens with zero attached hydrogens (tertiary/aromatic N) is 5. The predicted octanol–water partition coefficient (Wildman–Crippen LogP) is 3.25. The average Bonchev–Trinajstić information content (AvgIpc) is 2.98. The second-order valence-corrected chi connectivity index (χ2v) is 5.78. The van der Waals surface area contributed by atoms with E-state index in [9.17, 15) is 0 Å². The number of hydrogen-bond acceptors (Lipinski definition) is 5. The molecule has 6 nitrogen and oxygen atoms in total. The van der Waals surface area contributed by atoms with Crippen molar-refractivity contribution in [2.45, 2.75) is 13.5 Å². The first-order valence-corrected chi connectivity index (χ1v) is 7.97. The van der Waals surface area contributed by atoms with Gasteiger partial charge in [-0.15, -0.1) is 0 Å². The van der Waals surface area contributed by atoms with Crippen LogP contribution in [0.1, 0.15) is 11.3 Å². The van der Waals surface area contributed by atoms with E-state index >= 15 is 0 Å². The molecular formula is C19H17N5O. The Morgan fingerprint density at radius 1 is 1.04 bits per heavy atom. The lowest BCUT2D eigenvalue weighted by Crippen LogP contribution is -2.03. The highest BCUT2D eigenvalue weighted by molar-refractivity contribution is 5.82. The topological polar surface area (TPSA) is 65.7 Å². The number of rotatable bonds is 4. The lowest BCUT2D eigenvalue weighted by Gasteiger charge is -2.05. The highest BCUT2D eigenvalue weighted by atomic mass is 16.5. The van der Waals surface area contributed by atoms with Crippen LogP contribution < -0.4 is 4.74 Å². The van der Waals surface area contributed by atoms with Gasteiger partial charge < -0.3 is 4.74 Å². The maximum atomic E-state index is 5.20. The van der Waals surface area contributed by atoms with Crippen molar-refractivity contribution in [3.05, 3.63) is 66.4 Å². The fraction of sp³-hybridized carbons (Fsp3) is 0.158. The lowest BCUT2D eigenvalue weighted by atomic mass is 10.1. The Balaban J connectivity index is 1.71. The minimum absolute atomic E-state index is 0.659.